The molecule has 1 aromatic rings. The third-order valence-electron chi connectivity index (χ3n) is 4.83. The molecule has 4 atom stereocenters. The fourth-order valence-electron chi connectivity index (χ4n) is 3.24. The Balaban J connectivity index is 1.44. The van der Waals surface area contributed by atoms with E-state index in [9.17, 15) is 9.90 Å². The summed E-state index contributed by atoms with van der Waals surface area (Å²) in [5.41, 5.74) is 0. The summed E-state index contributed by atoms with van der Waals surface area (Å²) in [5, 5.41) is 12.8. The summed E-state index contributed by atoms with van der Waals surface area (Å²) < 4.78 is 5.81. The SMILES string of the molecule is CC1CC1c1ccc(CCC(=O)N[C@@H]2CCCC[C@H]2O)o1. The van der Waals surface area contributed by atoms with E-state index in [0.29, 0.717) is 18.8 Å². The molecule has 2 fully saturated rings. The Morgan fingerprint density at radius 3 is 2.86 bits per heavy atom. The van der Waals surface area contributed by atoms with Crippen molar-refractivity contribution in [1.29, 1.82) is 0 Å². The van der Waals surface area contributed by atoms with Gasteiger partial charge in [0.25, 0.3) is 0 Å². The zero-order valence-electron chi connectivity index (χ0n) is 12.7. The molecular weight excluding hydrogens is 266 g/mol. The number of aliphatic hydroxyl groups excluding tert-OH is 1. The van der Waals surface area contributed by atoms with Crippen molar-refractivity contribution in [2.75, 3.05) is 0 Å². The average Bonchev–Trinajstić information content (AvgIpc) is 3.01. The highest BCUT2D eigenvalue weighted by molar-refractivity contribution is 5.76. The van der Waals surface area contributed by atoms with Gasteiger partial charge >= 0.3 is 0 Å². The Kier molecular flexibility index (Phi) is 4.34. The Morgan fingerprint density at radius 2 is 2.14 bits per heavy atom. The van der Waals surface area contributed by atoms with Gasteiger partial charge in [0.15, 0.2) is 0 Å². The molecule has 1 amide bonds. The largest absolute Gasteiger partial charge is 0.466 e. The first-order valence-electron chi connectivity index (χ1n) is 8.19. The summed E-state index contributed by atoms with van der Waals surface area (Å²) in [6.07, 6.45) is 5.72. The molecule has 2 N–H and O–H groups in total. The number of carbonyl (C=O) groups excluding carboxylic acids is 1. The number of rotatable bonds is 5. The molecule has 2 aliphatic rings. The van der Waals surface area contributed by atoms with Gasteiger partial charge in [0.05, 0.1) is 12.1 Å². The number of aliphatic hydroxyl groups is 1. The van der Waals surface area contributed by atoms with E-state index in [0.717, 1.165) is 43.1 Å². The van der Waals surface area contributed by atoms with Crippen LogP contribution in [-0.2, 0) is 11.2 Å². The van der Waals surface area contributed by atoms with E-state index in [2.05, 4.69) is 12.2 Å². The minimum Gasteiger partial charge on any atom is -0.466 e. The second-order valence-corrected chi connectivity index (χ2v) is 6.65. The van der Waals surface area contributed by atoms with Crippen LogP contribution in [0.3, 0.4) is 0 Å². The van der Waals surface area contributed by atoms with Crippen LogP contribution in [0.4, 0.5) is 0 Å². The lowest BCUT2D eigenvalue weighted by atomic mass is 9.92. The van der Waals surface area contributed by atoms with E-state index in [1.807, 2.05) is 12.1 Å². The molecule has 0 saturated heterocycles. The number of hydrogen-bond donors (Lipinski definition) is 2. The van der Waals surface area contributed by atoms with Crippen molar-refractivity contribution in [3.8, 4) is 0 Å². The van der Waals surface area contributed by atoms with Crippen molar-refractivity contribution < 1.29 is 14.3 Å². The molecule has 4 heteroatoms. The van der Waals surface area contributed by atoms with Crippen LogP contribution in [0.25, 0.3) is 0 Å². The second-order valence-electron chi connectivity index (χ2n) is 6.65. The highest BCUT2D eigenvalue weighted by Gasteiger charge is 2.36. The lowest BCUT2D eigenvalue weighted by Crippen LogP contribution is -2.45. The van der Waals surface area contributed by atoms with E-state index in [1.165, 1.54) is 6.42 Å². The molecule has 3 rings (SSSR count). The molecule has 116 valence electrons. The molecule has 21 heavy (non-hydrogen) atoms. The lowest BCUT2D eigenvalue weighted by molar-refractivity contribution is -0.123. The number of nitrogens with one attached hydrogen (secondary N) is 1. The molecule has 4 nitrogen and oxygen atoms in total. The first-order valence-corrected chi connectivity index (χ1v) is 8.19. The molecule has 2 saturated carbocycles. The van der Waals surface area contributed by atoms with Crippen LogP contribution in [0.5, 0.6) is 0 Å². The van der Waals surface area contributed by atoms with E-state index in [-0.39, 0.29) is 18.1 Å². The first kappa shape index (κ1) is 14.6. The van der Waals surface area contributed by atoms with E-state index >= 15 is 0 Å². The van der Waals surface area contributed by atoms with Crippen LogP contribution >= 0.6 is 0 Å². The van der Waals surface area contributed by atoms with Gasteiger partial charge in [-0.25, -0.2) is 0 Å². The molecule has 0 aromatic carbocycles. The Bertz CT molecular complexity index is 496. The number of amides is 1. The van der Waals surface area contributed by atoms with Gasteiger partial charge in [-0.05, 0) is 37.3 Å². The average molecular weight is 291 g/mol. The van der Waals surface area contributed by atoms with Crippen LogP contribution in [-0.4, -0.2) is 23.2 Å². The summed E-state index contributed by atoms with van der Waals surface area (Å²) in [5.74, 6) is 3.30. The first-order chi connectivity index (χ1) is 10.1. The molecule has 0 aliphatic heterocycles. The third-order valence-corrected chi connectivity index (χ3v) is 4.83. The molecule has 2 aliphatic carbocycles. The van der Waals surface area contributed by atoms with Gasteiger partial charge in [-0.2, -0.15) is 0 Å². The van der Waals surface area contributed by atoms with Crippen molar-refractivity contribution in [3.63, 3.8) is 0 Å². The van der Waals surface area contributed by atoms with Gasteiger partial charge in [0, 0.05) is 18.8 Å². The molecule has 1 heterocycles. The van der Waals surface area contributed by atoms with Crippen molar-refractivity contribution in [3.05, 3.63) is 23.7 Å². The van der Waals surface area contributed by atoms with Crippen LogP contribution in [0.1, 0.15) is 62.9 Å². The van der Waals surface area contributed by atoms with Gasteiger partial charge in [-0.1, -0.05) is 19.8 Å². The highest BCUT2D eigenvalue weighted by atomic mass is 16.3. The summed E-state index contributed by atoms with van der Waals surface area (Å²) in [4.78, 5) is 12.0. The number of hydrogen-bond acceptors (Lipinski definition) is 3. The zero-order valence-corrected chi connectivity index (χ0v) is 12.7. The molecule has 0 bridgehead atoms. The Morgan fingerprint density at radius 1 is 1.38 bits per heavy atom. The summed E-state index contributed by atoms with van der Waals surface area (Å²) in [7, 11) is 0. The summed E-state index contributed by atoms with van der Waals surface area (Å²) >= 11 is 0. The van der Waals surface area contributed by atoms with Crippen molar-refractivity contribution in [2.45, 2.75) is 69.9 Å². The minimum atomic E-state index is -0.380. The molecule has 0 spiro atoms. The smallest absolute Gasteiger partial charge is 0.220 e. The second kappa shape index (κ2) is 6.22. The topological polar surface area (TPSA) is 62.5 Å². The van der Waals surface area contributed by atoms with Crippen LogP contribution in [0.15, 0.2) is 16.5 Å². The van der Waals surface area contributed by atoms with Crippen LogP contribution in [0.2, 0.25) is 0 Å². The van der Waals surface area contributed by atoms with Gasteiger partial charge in [-0.3, -0.25) is 4.79 Å². The number of furan rings is 1. The van der Waals surface area contributed by atoms with Gasteiger partial charge in [-0.15, -0.1) is 0 Å². The van der Waals surface area contributed by atoms with Crippen molar-refractivity contribution >= 4 is 5.91 Å². The Labute approximate surface area is 125 Å². The minimum absolute atomic E-state index is 0.0127. The maximum absolute atomic E-state index is 12.0. The fourth-order valence-corrected chi connectivity index (χ4v) is 3.24. The van der Waals surface area contributed by atoms with Crippen molar-refractivity contribution in [2.24, 2.45) is 5.92 Å². The molecule has 1 aromatic heterocycles. The lowest BCUT2D eigenvalue weighted by Gasteiger charge is -2.28. The zero-order chi connectivity index (χ0) is 14.8. The predicted octanol–water partition coefficient (Wildman–Crippen LogP) is 2.76. The van der Waals surface area contributed by atoms with Gasteiger partial charge in [0.1, 0.15) is 11.5 Å². The number of carbonyl (C=O) groups is 1. The fraction of sp³-hybridized carbons (Fsp3) is 0.706. The van der Waals surface area contributed by atoms with E-state index < -0.39 is 0 Å². The van der Waals surface area contributed by atoms with Crippen LogP contribution in [0, 0.1) is 5.92 Å². The monoisotopic (exact) mass is 291 g/mol. The molecular formula is C17H25NO3. The van der Waals surface area contributed by atoms with E-state index in [4.69, 9.17) is 4.42 Å². The quantitative estimate of drug-likeness (QED) is 0.877. The summed E-state index contributed by atoms with van der Waals surface area (Å²) in [6, 6.07) is 3.97. The van der Waals surface area contributed by atoms with Crippen LogP contribution < -0.4 is 5.32 Å². The van der Waals surface area contributed by atoms with Gasteiger partial charge in [0.2, 0.25) is 5.91 Å². The third kappa shape index (κ3) is 3.67. The standard InChI is InChI=1S/C17H25NO3/c1-11-10-13(11)16-8-6-12(21-16)7-9-17(20)18-14-4-2-3-5-15(14)19/h6,8,11,13-15,19H,2-5,7,9-10H2,1H3,(H,18,20)/t11?,13?,14-,15-/m1/s1. The van der Waals surface area contributed by atoms with Crippen molar-refractivity contribution in [1.82, 2.24) is 5.32 Å². The number of aryl methyl sites for hydroxylation is 1. The Hall–Kier alpha value is -1.29. The molecule has 0 radical (unpaired) electrons. The normalized spacial score (nSPS) is 31.9. The van der Waals surface area contributed by atoms with Gasteiger partial charge < -0.3 is 14.8 Å². The predicted molar refractivity (Wildman–Crippen MR) is 80.0 cm³/mol. The summed E-state index contributed by atoms with van der Waals surface area (Å²) in [6.45, 7) is 2.23. The maximum atomic E-state index is 12.0. The highest BCUT2D eigenvalue weighted by Crippen LogP contribution is 2.47. The van der Waals surface area contributed by atoms with E-state index in [1.54, 1.807) is 0 Å². The maximum Gasteiger partial charge on any atom is 0.220 e. The molecule has 2 unspecified atom stereocenters.